The van der Waals surface area contributed by atoms with Gasteiger partial charge in [0.1, 0.15) is 0 Å². The fourth-order valence-electron chi connectivity index (χ4n) is 2.82. The van der Waals surface area contributed by atoms with Crippen molar-refractivity contribution in [3.63, 3.8) is 0 Å². The number of ether oxygens (including phenoxy) is 1. The third kappa shape index (κ3) is 4.51. The van der Waals surface area contributed by atoms with Crippen LogP contribution in [0.3, 0.4) is 0 Å². The van der Waals surface area contributed by atoms with Crippen LogP contribution >= 0.6 is 28.6 Å². The summed E-state index contributed by atoms with van der Waals surface area (Å²) in [5.74, 6) is 0.947. The fraction of sp³-hybridized carbons (Fsp3) is 0.625. The molecule has 0 radical (unpaired) electrons. The van der Waals surface area contributed by atoms with Crippen LogP contribution in [-0.2, 0) is 11.3 Å². The Morgan fingerprint density at radius 2 is 1.79 bits per heavy atom. The molecular weight excluding hydrogens is 320 g/mol. The van der Waals surface area contributed by atoms with Crippen LogP contribution in [0, 0.1) is 5.41 Å². The second-order valence-corrected chi connectivity index (χ2v) is 6.83. The average molecular weight is 343 g/mol. The molecule has 0 aliphatic heterocycles. The molecule has 1 aromatic rings. The number of hydrogen-bond donors (Lipinski definition) is 1. The number of benzene rings is 1. The van der Waals surface area contributed by atoms with Crippen molar-refractivity contribution in [3.05, 3.63) is 34.3 Å². The maximum atomic E-state index is 6.01. The lowest BCUT2D eigenvalue weighted by Crippen LogP contribution is -2.28. The smallest absolute Gasteiger partial charge is 0.0728 e. The van der Waals surface area contributed by atoms with Crippen molar-refractivity contribution in [2.75, 3.05) is 12.4 Å². The summed E-state index contributed by atoms with van der Waals surface area (Å²) in [6.07, 6.45) is 7.95. The van der Waals surface area contributed by atoms with E-state index in [1.165, 1.54) is 44.1 Å². The summed E-state index contributed by atoms with van der Waals surface area (Å²) in [4.78, 5) is 0. The number of rotatable bonds is 5. The Hall–Kier alpha value is 0.01000. The second kappa shape index (κ2) is 7.70. The lowest BCUT2D eigenvalue weighted by atomic mass is 9.83. The molecule has 0 spiro atoms. The Morgan fingerprint density at radius 1 is 1.11 bits per heavy atom. The molecule has 19 heavy (non-hydrogen) atoms. The van der Waals surface area contributed by atoms with Gasteiger partial charge in [0.25, 0.3) is 0 Å². The lowest BCUT2D eigenvalue weighted by molar-refractivity contribution is 0.0367. The molecule has 0 amide bonds. The molecule has 1 nitrogen and oxygen atoms in total. The first-order valence-electron chi connectivity index (χ1n) is 7.18. The van der Waals surface area contributed by atoms with Gasteiger partial charge < -0.3 is 4.74 Å². The first-order valence-corrected chi connectivity index (χ1v) is 8.60. The highest BCUT2D eigenvalue weighted by Crippen LogP contribution is 2.36. The van der Waals surface area contributed by atoms with E-state index in [4.69, 9.17) is 4.74 Å². The van der Waals surface area contributed by atoms with Crippen LogP contribution in [0.25, 0.3) is 0 Å². The molecule has 1 aliphatic carbocycles. The van der Waals surface area contributed by atoms with E-state index in [0.29, 0.717) is 12.0 Å². The summed E-state index contributed by atoms with van der Waals surface area (Å²) in [5.41, 5.74) is 1.53. The van der Waals surface area contributed by atoms with Crippen molar-refractivity contribution >= 4 is 28.6 Å². The molecule has 0 unspecified atom stereocenters. The summed E-state index contributed by atoms with van der Waals surface area (Å²) in [6, 6.07) is 8.28. The summed E-state index contributed by atoms with van der Waals surface area (Å²) >= 11 is 8.16. The molecule has 3 heteroatoms. The maximum Gasteiger partial charge on any atom is 0.0728 e. The van der Waals surface area contributed by atoms with Crippen molar-refractivity contribution in [1.29, 1.82) is 0 Å². The van der Waals surface area contributed by atoms with Gasteiger partial charge >= 0.3 is 0 Å². The van der Waals surface area contributed by atoms with Gasteiger partial charge in [-0.15, -0.1) is 0 Å². The predicted octanol–water partition coefficient (Wildman–Crippen LogP) is 5.24. The van der Waals surface area contributed by atoms with Crippen LogP contribution in [0.15, 0.2) is 28.7 Å². The molecule has 0 aromatic heterocycles. The van der Waals surface area contributed by atoms with Gasteiger partial charge in [-0.2, -0.15) is 12.6 Å². The van der Waals surface area contributed by atoms with Gasteiger partial charge in [-0.3, -0.25) is 0 Å². The first kappa shape index (κ1) is 15.4. The monoisotopic (exact) mass is 342 g/mol. The zero-order valence-corrected chi connectivity index (χ0v) is 13.9. The third-order valence-electron chi connectivity index (χ3n) is 4.12. The van der Waals surface area contributed by atoms with E-state index in [9.17, 15) is 0 Å². The lowest BCUT2D eigenvalue weighted by Gasteiger charge is -2.30. The molecule has 0 heterocycles. The standard InChI is InChI=1S/C16H23BrOS/c17-15-8-4-3-7-14(15)11-18-12-16(13-19)9-5-1-2-6-10-16/h3-4,7-8,19H,1-2,5-6,9-13H2. The average Bonchev–Trinajstić information content (AvgIpc) is 2.67. The van der Waals surface area contributed by atoms with Gasteiger partial charge in [0.2, 0.25) is 0 Å². The molecule has 1 saturated carbocycles. The Labute approximate surface area is 130 Å². The molecule has 106 valence electrons. The minimum Gasteiger partial charge on any atom is -0.376 e. The van der Waals surface area contributed by atoms with Crippen LogP contribution in [0.2, 0.25) is 0 Å². The quantitative estimate of drug-likeness (QED) is 0.568. The summed E-state index contributed by atoms with van der Waals surface area (Å²) in [7, 11) is 0. The van der Waals surface area contributed by atoms with Gasteiger partial charge in [0.05, 0.1) is 13.2 Å². The maximum absolute atomic E-state index is 6.01. The first-order chi connectivity index (χ1) is 9.26. The summed E-state index contributed by atoms with van der Waals surface area (Å²) in [6.45, 7) is 1.54. The van der Waals surface area contributed by atoms with Crippen LogP contribution in [0.1, 0.15) is 44.1 Å². The summed E-state index contributed by atoms with van der Waals surface area (Å²) in [5, 5.41) is 0. The van der Waals surface area contributed by atoms with Gasteiger partial charge in [-0.25, -0.2) is 0 Å². The summed E-state index contributed by atoms with van der Waals surface area (Å²) < 4.78 is 7.15. The Morgan fingerprint density at radius 3 is 2.42 bits per heavy atom. The zero-order chi connectivity index (χ0) is 13.6. The number of halogens is 1. The zero-order valence-electron chi connectivity index (χ0n) is 11.4. The van der Waals surface area contributed by atoms with E-state index in [1.807, 2.05) is 6.07 Å². The van der Waals surface area contributed by atoms with Gasteiger partial charge in [-0.05, 0) is 30.2 Å². The minimum absolute atomic E-state index is 0.306. The van der Waals surface area contributed by atoms with E-state index in [-0.39, 0.29) is 0 Å². The molecule has 0 saturated heterocycles. The molecule has 1 fully saturated rings. The largest absolute Gasteiger partial charge is 0.376 e. The molecule has 2 rings (SSSR count). The highest BCUT2D eigenvalue weighted by molar-refractivity contribution is 9.10. The van der Waals surface area contributed by atoms with Crippen molar-refractivity contribution < 1.29 is 4.74 Å². The van der Waals surface area contributed by atoms with Gasteiger partial charge in [-0.1, -0.05) is 59.8 Å². The van der Waals surface area contributed by atoms with E-state index >= 15 is 0 Å². The Balaban J connectivity index is 1.87. The van der Waals surface area contributed by atoms with Crippen molar-refractivity contribution in [3.8, 4) is 0 Å². The second-order valence-electron chi connectivity index (χ2n) is 5.66. The predicted molar refractivity (Wildman–Crippen MR) is 87.8 cm³/mol. The van der Waals surface area contributed by atoms with Gasteiger partial charge in [0.15, 0.2) is 0 Å². The van der Waals surface area contributed by atoms with E-state index in [0.717, 1.165) is 16.8 Å². The molecule has 0 bridgehead atoms. The van der Waals surface area contributed by atoms with Crippen molar-refractivity contribution in [2.24, 2.45) is 5.41 Å². The van der Waals surface area contributed by atoms with Crippen LogP contribution < -0.4 is 0 Å². The van der Waals surface area contributed by atoms with E-state index in [1.54, 1.807) is 0 Å². The third-order valence-corrected chi connectivity index (χ3v) is 5.57. The Bertz CT molecular complexity index is 386. The SMILES string of the molecule is SCC1(COCc2ccccc2Br)CCCCCC1. The number of hydrogen-bond acceptors (Lipinski definition) is 2. The van der Waals surface area contributed by atoms with Crippen LogP contribution in [0.4, 0.5) is 0 Å². The minimum atomic E-state index is 0.306. The van der Waals surface area contributed by atoms with Crippen LogP contribution in [0.5, 0.6) is 0 Å². The Kier molecular flexibility index (Phi) is 6.24. The topological polar surface area (TPSA) is 9.23 Å². The number of thiol groups is 1. The molecule has 0 atom stereocenters. The molecular formula is C16H23BrOS. The van der Waals surface area contributed by atoms with Crippen LogP contribution in [-0.4, -0.2) is 12.4 Å². The highest BCUT2D eigenvalue weighted by atomic mass is 79.9. The van der Waals surface area contributed by atoms with Crippen molar-refractivity contribution in [1.82, 2.24) is 0 Å². The highest BCUT2D eigenvalue weighted by Gasteiger charge is 2.29. The van der Waals surface area contributed by atoms with E-state index < -0.39 is 0 Å². The molecule has 1 aliphatic rings. The van der Waals surface area contributed by atoms with E-state index in [2.05, 4.69) is 46.8 Å². The fourth-order valence-corrected chi connectivity index (χ4v) is 3.63. The van der Waals surface area contributed by atoms with Crippen molar-refractivity contribution in [2.45, 2.75) is 45.1 Å². The molecule has 1 aromatic carbocycles. The van der Waals surface area contributed by atoms with Gasteiger partial charge in [0, 0.05) is 9.89 Å². The normalized spacial score (nSPS) is 19.1. The molecule has 0 N–H and O–H groups in total.